The molecule has 3 aliphatic rings. The lowest BCUT2D eigenvalue weighted by Crippen LogP contribution is -2.42. The smallest absolute Gasteiger partial charge is 0.240 e. The molecule has 5 atom stereocenters. The van der Waals surface area contributed by atoms with Gasteiger partial charge in [0.15, 0.2) is 11.3 Å². The predicted molar refractivity (Wildman–Crippen MR) is 108 cm³/mol. The van der Waals surface area contributed by atoms with E-state index in [0.717, 1.165) is 16.7 Å². The van der Waals surface area contributed by atoms with Crippen molar-refractivity contribution in [2.24, 2.45) is 23.7 Å². The number of amides is 3. The Morgan fingerprint density at radius 2 is 1.93 bits per heavy atom. The molecule has 1 N–H and O–H groups in total. The number of nitrogens with one attached hydrogen (secondary N) is 1. The number of nitrogens with zero attached hydrogens (tertiary/aromatic N) is 1. The van der Waals surface area contributed by atoms with E-state index < -0.39 is 6.04 Å². The minimum Gasteiger partial charge on any atom is -0.490 e. The van der Waals surface area contributed by atoms with Crippen molar-refractivity contribution in [3.8, 4) is 5.75 Å². The first-order chi connectivity index (χ1) is 14.5. The number of ether oxygens (including phenoxy) is 1. The lowest BCUT2D eigenvalue weighted by Gasteiger charge is -2.18. The Hall–Kier alpha value is -3.09. The van der Waals surface area contributed by atoms with Crippen LogP contribution in [0, 0.1) is 23.7 Å². The van der Waals surface area contributed by atoms with Crippen LogP contribution in [0.15, 0.2) is 40.8 Å². The van der Waals surface area contributed by atoms with Crippen LogP contribution >= 0.6 is 0 Å². The van der Waals surface area contributed by atoms with E-state index in [4.69, 9.17) is 9.15 Å². The molecule has 3 amide bonds. The van der Waals surface area contributed by atoms with Crippen molar-refractivity contribution in [1.82, 2.24) is 10.2 Å². The molecule has 1 saturated heterocycles. The maximum atomic E-state index is 12.8. The van der Waals surface area contributed by atoms with Gasteiger partial charge < -0.3 is 14.5 Å². The molecule has 30 heavy (non-hydrogen) atoms. The van der Waals surface area contributed by atoms with E-state index in [2.05, 4.69) is 5.32 Å². The standard InChI is InChI=1S/C23H24N2O5/c1-3-29-16-6-4-5-15-10-17(30-21(15)16)12(2)24-18(26)11-25-22(27)19-13-7-8-14(9-13)20(19)23(25)28/h4-8,10,12-14,19-20H,3,9,11H2,1-2H3,(H,24,26). The minimum absolute atomic E-state index is 0.138. The maximum absolute atomic E-state index is 12.8. The number of carbonyl (C=O) groups excluding carboxylic acids is 3. The summed E-state index contributed by atoms with van der Waals surface area (Å²) in [5.74, 6) is 0.137. The number of furan rings is 1. The number of allylic oxidation sites excluding steroid dienone is 2. The van der Waals surface area contributed by atoms with E-state index in [1.165, 1.54) is 0 Å². The second-order valence-corrected chi connectivity index (χ2v) is 8.31. The minimum atomic E-state index is -0.412. The van der Waals surface area contributed by atoms with Crippen LogP contribution in [-0.2, 0) is 14.4 Å². The van der Waals surface area contributed by atoms with Crippen LogP contribution in [0.4, 0.5) is 0 Å². The van der Waals surface area contributed by atoms with E-state index >= 15 is 0 Å². The third kappa shape index (κ3) is 2.83. The number of carbonyl (C=O) groups is 3. The molecule has 7 heteroatoms. The van der Waals surface area contributed by atoms with Crippen molar-refractivity contribution < 1.29 is 23.5 Å². The Kier molecular flexibility index (Phi) is 4.41. The summed E-state index contributed by atoms with van der Waals surface area (Å²) in [6, 6.07) is 7.10. The summed E-state index contributed by atoms with van der Waals surface area (Å²) < 4.78 is 11.5. The van der Waals surface area contributed by atoms with Crippen LogP contribution < -0.4 is 10.1 Å². The molecule has 1 saturated carbocycles. The lowest BCUT2D eigenvalue weighted by atomic mass is 9.85. The molecular weight excluding hydrogens is 384 g/mol. The normalized spacial score (nSPS) is 27.7. The first kappa shape index (κ1) is 18.9. The van der Waals surface area contributed by atoms with Crippen molar-refractivity contribution in [1.29, 1.82) is 0 Å². The third-order valence-electron chi connectivity index (χ3n) is 6.49. The van der Waals surface area contributed by atoms with Crippen LogP contribution in [0.25, 0.3) is 11.0 Å². The topological polar surface area (TPSA) is 88.9 Å². The van der Waals surface area contributed by atoms with Gasteiger partial charge in [-0.3, -0.25) is 19.3 Å². The molecule has 1 aliphatic heterocycles. The second-order valence-electron chi connectivity index (χ2n) is 8.31. The Bertz CT molecular complexity index is 1040. The average Bonchev–Trinajstić information content (AvgIpc) is 3.48. The van der Waals surface area contributed by atoms with Crippen molar-refractivity contribution in [2.75, 3.05) is 13.2 Å². The van der Waals surface area contributed by atoms with Crippen molar-refractivity contribution in [3.05, 3.63) is 42.2 Å². The van der Waals surface area contributed by atoms with Crippen molar-refractivity contribution in [2.45, 2.75) is 26.3 Å². The summed E-state index contributed by atoms with van der Waals surface area (Å²) in [5, 5.41) is 3.73. The highest BCUT2D eigenvalue weighted by atomic mass is 16.5. The number of hydrogen-bond donors (Lipinski definition) is 1. The molecule has 2 heterocycles. The van der Waals surface area contributed by atoms with Gasteiger partial charge in [-0.2, -0.15) is 0 Å². The van der Waals surface area contributed by atoms with Gasteiger partial charge >= 0.3 is 0 Å². The fourth-order valence-corrected chi connectivity index (χ4v) is 5.16. The Labute approximate surface area is 174 Å². The molecular formula is C23H24N2O5. The third-order valence-corrected chi connectivity index (χ3v) is 6.49. The predicted octanol–water partition coefficient (Wildman–Crippen LogP) is 2.82. The monoisotopic (exact) mass is 408 g/mol. The summed E-state index contributed by atoms with van der Waals surface area (Å²) in [4.78, 5) is 39.3. The highest BCUT2D eigenvalue weighted by Gasteiger charge is 2.59. The largest absolute Gasteiger partial charge is 0.490 e. The molecule has 2 aromatic rings. The molecule has 0 radical (unpaired) electrons. The summed E-state index contributed by atoms with van der Waals surface area (Å²) in [6.07, 6.45) is 4.96. The van der Waals surface area contributed by atoms with Crippen molar-refractivity contribution >= 4 is 28.7 Å². The molecule has 2 fully saturated rings. The number of likely N-dealkylation sites (tertiary alicyclic amines) is 1. The van der Waals surface area contributed by atoms with Crippen LogP contribution in [0.5, 0.6) is 5.75 Å². The number of hydrogen-bond acceptors (Lipinski definition) is 5. The van der Waals surface area contributed by atoms with E-state index in [-0.39, 0.29) is 47.9 Å². The van der Waals surface area contributed by atoms with Gasteiger partial charge in [0.2, 0.25) is 17.7 Å². The highest BCUT2D eigenvalue weighted by molar-refractivity contribution is 6.08. The zero-order valence-electron chi connectivity index (χ0n) is 17.0. The lowest BCUT2D eigenvalue weighted by molar-refractivity contribution is -0.144. The van der Waals surface area contributed by atoms with E-state index in [0.29, 0.717) is 23.7 Å². The summed E-state index contributed by atoms with van der Waals surface area (Å²) in [5.41, 5.74) is 0.635. The van der Waals surface area contributed by atoms with E-state index in [9.17, 15) is 14.4 Å². The van der Waals surface area contributed by atoms with Gasteiger partial charge in [-0.15, -0.1) is 0 Å². The number of imide groups is 1. The number of rotatable bonds is 6. The Morgan fingerprint density at radius 3 is 2.60 bits per heavy atom. The molecule has 1 aromatic heterocycles. The number of benzene rings is 1. The number of fused-ring (bicyclic) bond motifs is 6. The fraction of sp³-hybridized carbons (Fsp3) is 0.435. The van der Waals surface area contributed by atoms with Gasteiger partial charge in [0, 0.05) is 5.39 Å². The maximum Gasteiger partial charge on any atom is 0.240 e. The van der Waals surface area contributed by atoms with E-state index in [1.807, 2.05) is 50.3 Å². The van der Waals surface area contributed by atoms with Crippen LogP contribution in [0.2, 0.25) is 0 Å². The highest BCUT2D eigenvalue weighted by Crippen LogP contribution is 2.52. The van der Waals surface area contributed by atoms with Gasteiger partial charge in [-0.25, -0.2) is 0 Å². The van der Waals surface area contributed by atoms with Crippen molar-refractivity contribution in [3.63, 3.8) is 0 Å². The summed E-state index contributed by atoms with van der Waals surface area (Å²) >= 11 is 0. The first-order valence-corrected chi connectivity index (χ1v) is 10.5. The zero-order valence-corrected chi connectivity index (χ0v) is 17.0. The molecule has 2 bridgehead atoms. The Morgan fingerprint density at radius 1 is 1.23 bits per heavy atom. The molecule has 5 unspecified atom stereocenters. The quantitative estimate of drug-likeness (QED) is 0.587. The fourth-order valence-electron chi connectivity index (χ4n) is 5.16. The molecule has 5 rings (SSSR count). The molecule has 156 valence electrons. The molecule has 0 spiro atoms. The summed E-state index contributed by atoms with van der Waals surface area (Å²) in [7, 11) is 0. The zero-order chi connectivity index (χ0) is 21.0. The van der Waals surface area contributed by atoms with Crippen LogP contribution in [0.1, 0.15) is 32.1 Å². The molecule has 1 aromatic carbocycles. The summed E-state index contributed by atoms with van der Waals surface area (Å²) in [6.45, 7) is 3.99. The van der Waals surface area contributed by atoms with Gasteiger partial charge in [0.25, 0.3) is 0 Å². The molecule has 2 aliphatic carbocycles. The average molecular weight is 408 g/mol. The number of para-hydroxylation sites is 1. The first-order valence-electron chi connectivity index (χ1n) is 10.5. The van der Waals surface area contributed by atoms with Gasteiger partial charge in [-0.1, -0.05) is 24.3 Å². The Balaban J connectivity index is 1.27. The van der Waals surface area contributed by atoms with Gasteiger partial charge in [0.1, 0.15) is 12.3 Å². The SMILES string of the molecule is CCOc1cccc2cc(C(C)NC(=O)CN3C(=O)C4C5C=CC(C5)C4C3=O)oc12. The van der Waals surface area contributed by atoms with Gasteiger partial charge in [-0.05, 0) is 44.2 Å². The molecule has 7 nitrogen and oxygen atoms in total. The van der Waals surface area contributed by atoms with Crippen LogP contribution in [0.3, 0.4) is 0 Å². The van der Waals surface area contributed by atoms with Gasteiger partial charge in [0.05, 0.1) is 24.5 Å². The van der Waals surface area contributed by atoms with Crippen LogP contribution in [-0.4, -0.2) is 35.8 Å². The van der Waals surface area contributed by atoms with E-state index in [1.54, 1.807) is 0 Å². The second kappa shape index (κ2) is 7.00.